The van der Waals surface area contributed by atoms with Gasteiger partial charge in [-0.15, -0.1) is 0 Å². The monoisotopic (exact) mass is 469 g/mol. The summed E-state index contributed by atoms with van der Waals surface area (Å²) in [5.74, 6) is -4.27. The van der Waals surface area contributed by atoms with Crippen LogP contribution in [0.1, 0.15) is 25.0 Å². The number of aromatic nitrogens is 2. The summed E-state index contributed by atoms with van der Waals surface area (Å²) in [6, 6.07) is -4.56. The summed E-state index contributed by atoms with van der Waals surface area (Å²) in [5, 5.41) is 14.1. The van der Waals surface area contributed by atoms with Crippen molar-refractivity contribution < 1.29 is 29.1 Å². The van der Waals surface area contributed by atoms with Crippen LogP contribution in [0.5, 0.6) is 0 Å². The number of carbonyl (C=O) groups is 5. The molecule has 0 radical (unpaired) electrons. The Labute approximate surface area is 189 Å². The third-order valence-electron chi connectivity index (χ3n) is 4.99. The fourth-order valence-corrected chi connectivity index (χ4v) is 3.61. The molecule has 1 aromatic rings. The second-order valence-electron chi connectivity index (χ2n) is 7.39. The zero-order valence-electron chi connectivity index (χ0n) is 17.2. The Hall–Kier alpha value is -3.13. The molecule has 1 aliphatic rings. The van der Waals surface area contributed by atoms with Crippen molar-refractivity contribution in [2.24, 2.45) is 11.5 Å². The third kappa shape index (κ3) is 6.68. The molecule has 4 atom stereocenters. The van der Waals surface area contributed by atoms with Crippen LogP contribution in [0.3, 0.4) is 0 Å². The van der Waals surface area contributed by atoms with Crippen molar-refractivity contribution in [2.45, 2.75) is 49.9 Å². The molecule has 8 N–H and O–H groups in total. The van der Waals surface area contributed by atoms with E-state index in [0.29, 0.717) is 18.5 Å². The molecule has 176 valence electrons. The zero-order valence-corrected chi connectivity index (χ0v) is 18.1. The Morgan fingerprint density at radius 1 is 1.25 bits per heavy atom. The van der Waals surface area contributed by atoms with Crippen molar-refractivity contribution in [3.63, 3.8) is 0 Å². The van der Waals surface area contributed by atoms with Gasteiger partial charge in [-0.1, -0.05) is 0 Å². The van der Waals surface area contributed by atoms with E-state index in [4.69, 9.17) is 11.5 Å². The first-order chi connectivity index (χ1) is 15.1. The van der Waals surface area contributed by atoms with E-state index < -0.39 is 60.2 Å². The molecule has 0 aromatic carbocycles. The van der Waals surface area contributed by atoms with Crippen molar-refractivity contribution in [1.82, 2.24) is 25.5 Å². The minimum atomic E-state index is -1.38. The molecule has 0 spiro atoms. The maximum atomic E-state index is 12.8. The smallest absolute Gasteiger partial charge is 0.326 e. The molecule has 1 aliphatic heterocycles. The van der Waals surface area contributed by atoms with E-state index >= 15 is 0 Å². The Morgan fingerprint density at radius 3 is 2.50 bits per heavy atom. The number of imidazole rings is 1. The minimum absolute atomic E-state index is 0.111. The second-order valence-corrected chi connectivity index (χ2v) is 7.76. The van der Waals surface area contributed by atoms with Crippen LogP contribution in [-0.2, 0) is 30.4 Å². The van der Waals surface area contributed by atoms with Crippen LogP contribution in [0.2, 0.25) is 0 Å². The fourth-order valence-electron chi connectivity index (χ4n) is 3.36. The van der Waals surface area contributed by atoms with Crippen LogP contribution >= 0.6 is 12.6 Å². The van der Waals surface area contributed by atoms with E-state index in [1.165, 1.54) is 17.4 Å². The van der Waals surface area contributed by atoms with E-state index in [1.54, 1.807) is 0 Å². The van der Waals surface area contributed by atoms with Gasteiger partial charge in [-0.05, 0) is 12.8 Å². The summed E-state index contributed by atoms with van der Waals surface area (Å²) in [7, 11) is 0. The van der Waals surface area contributed by atoms with Gasteiger partial charge >= 0.3 is 5.97 Å². The summed E-state index contributed by atoms with van der Waals surface area (Å²) in [6.07, 6.45) is 3.33. The van der Waals surface area contributed by atoms with Crippen molar-refractivity contribution >= 4 is 42.2 Å². The average molecular weight is 470 g/mol. The highest BCUT2D eigenvalue weighted by Gasteiger charge is 2.38. The van der Waals surface area contributed by atoms with Crippen LogP contribution in [0.25, 0.3) is 0 Å². The van der Waals surface area contributed by atoms with Gasteiger partial charge in [0.25, 0.3) is 0 Å². The number of nitrogens with one attached hydrogen (secondary N) is 3. The van der Waals surface area contributed by atoms with Crippen LogP contribution < -0.4 is 22.1 Å². The number of primary amides is 1. The second kappa shape index (κ2) is 11.5. The first-order valence-corrected chi connectivity index (χ1v) is 10.5. The largest absolute Gasteiger partial charge is 0.480 e. The predicted molar refractivity (Wildman–Crippen MR) is 114 cm³/mol. The Bertz CT molecular complexity index is 849. The summed E-state index contributed by atoms with van der Waals surface area (Å²) in [4.78, 5) is 68.5. The highest BCUT2D eigenvalue weighted by Crippen LogP contribution is 2.19. The van der Waals surface area contributed by atoms with Gasteiger partial charge in [0.1, 0.15) is 18.1 Å². The quantitative estimate of drug-likeness (QED) is 0.167. The molecule has 32 heavy (non-hydrogen) atoms. The first-order valence-electron chi connectivity index (χ1n) is 9.90. The number of hydrogen-bond donors (Lipinski definition) is 7. The summed E-state index contributed by atoms with van der Waals surface area (Å²) < 4.78 is 0. The molecule has 0 saturated carbocycles. The van der Waals surface area contributed by atoms with Crippen molar-refractivity contribution in [2.75, 3.05) is 12.3 Å². The number of H-pyrrole nitrogens is 1. The van der Waals surface area contributed by atoms with Gasteiger partial charge < -0.3 is 37.1 Å². The normalized spacial score (nSPS) is 18.4. The maximum Gasteiger partial charge on any atom is 0.326 e. The molecule has 14 heteroatoms. The van der Waals surface area contributed by atoms with Gasteiger partial charge in [0, 0.05) is 30.6 Å². The summed E-state index contributed by atoms with van der Waals surface area (Å²) in [5.41, 5.74) is 11.6. The predicted octanol–water partition coefficient (Wildman–Crippen LogP) is -2.87. The SMILES string of the molecule is NC(=O)CC(NC(=O)C(N)Cc1cnc[nH]1)C(=O)NC(CS)C(=O)N1CCCC1C(=O)O. The number of nitrogens with zero attached hydrogens (tertiary/aromatic N) is 2. The number of aliphatic carboxylic acids is 1. The van der Waals surface area contributed by atoms with Gasteiger partial charge in [0.2, 0.25) is 23.6 Å². The number of nitrogens with two attached hydrogens (primary N) is 2. The zero-order chi connectivity index (χ0) is 23.8. The molecule has 4 unspecified atom stereocenters. The van der Waals surface area contributed by atoms with E-state index in [9.17, 15) is 29.1 Å². The molecule has 1 saturated heterocycles. The molecule has 1 fully saturated rings. The lowest BCUT2D eigenvalue weighted by Crippen LogP contribution is -2.58. The topological polar surface area (TPSA) is 214 Å². The molecular formula is C18H27N7O6S. The Morgan fingerprint density at radius 2 is 1.94 bits per heavy atom. The lowest BCUT2D eigenvalue weighted by molar-refractivity contribution is -0.149. The maximum absolute atomic E-state index is 12.8. The van der Waals surface area contributed by atoms with Crippen molar-refractivity contribution in [3.05, 3.63) is 18.2 Å². The minimum Gasteiger partial charge on any atom is -0.480 e. The number of carboxylic acid groups (broad SMARTS) is 1. The van der Waals surface area contributed by atoms with E-state index in [0.717, 1.165) is 0 Å². The lowest BCUT2D eigenvalue weighted by atomic mass is 10.1. The van der Waals surface area contributed by atoms with Crippen LogP contribution in [0, 0.1) is 0 Å². The van der Waals surface area contributed by atoms with Gasteiger partial charge in [-0.25, -0.2) is 9.78 Å². The number of hydrogen-bond acceptors (Lipinski definition) is 8. The molecule has 13 nitrogen and oxygen atoms in total. The molecule has 0 aliphatic carbocycles. The highest BCUT2D eigenvalue weighted by molar-refractivity contribution is 7.80. The Kier molecular flexibility index (Phi) is 9.02. The summed E-state index contributed by atoms with van der Waals surface area (Å²) >= 11 is 4.08. The molecule has 1 aromatic heterocycles. The first kappa shape index (κ1) is 25.1. The van der Waals surface area contributed by atoms with Gasteiger partial charge in [-0.2, -0.15) is 12.6 Å². The van der Waals surface area contributed by atoms with Crippen LogP contribution in [-0.4, -0.2) is 86.0 Å². The van der Waals surface area contributed by atoms with Crippen LogP contribution in [0.15, 0.2) is 12.5 Å². The van der Waals surface area contributed by atoms with Crippen LogP contribution in [0.4, 0.5) is 0 Å². The van der Waals surface area contributed by atoms with E-state index in [1.807, 2.05) is 0 Å². The third-order valence-corrected chi connectivity index (χ3v) is 5.35. The lowest BCUT2D eigenvalue weighted by Gasteiger charge is -2.28. The summed E-state index contributed by atoms with van der Waals surface area (Å²) in [6.45, 7) is 0.236. The number of likely N-dealkylation sites (tertiary alicyclic amines) is 1. The fraction of sp³-hybridized carbons (Fsp3) is 0.556. The molecule has 0 bridgehead atoms. The number of aromatic amines is 1. The van der Waals surface area contributed by atoms with Gasteiger partial charge in [0.15, 0.2) is 0 Å². The number of thiol groups is 1. The van der Waals surface area contributed by atoms with Crippen molar-refractivity contribution in [1.29, 1.82) is 0 Å². The molecule has 2 heterocycles. The molecule has 4 amide bonds. The molecular weight excluding hydrogens is 442 g/mol. The number of rotatable bonds is 11. The Balaban J connectivity index is 2.05. The number of amides is 4. The van der Waals surface area contributed by atoms with Gasteiger partial charge in [-0.3, -0.25) is 19.2 Å². The van der Waals surface area contributed by atoms with Crippen molar-refractivity contribution in [3.8, 4) is 0 Å². The average Bonchev–Trinajstić information content (AvgIpc) is 3.42. The molecule has 2 rings (SSSR count). The highest BCUT2D eigenvalue weighted by atomic mass is 32.1. The number of carboxylic acids is 1. The van der Waals surface area contributed by atoms with E-state index in [-0.39, 0.29) is 18.7 Å². The number of carbonyl (C=O) groups excluding carboxylic acids is 4. The van der Waals surface area contributed by atoms with E-state index in [2.05, 4.69) is 33.2 Å². The van der Waals surface area contributed by atoms with Gasteiger partial charge in [0.05, 0.1) is 18.8 Å². The standard InChI is InChI=1S/C18H27N7O6S/c19-10(4-9-6-21-8-22-9)15(27)23-11(5-14(20)26)16(28)24-12(7-32)17(29)25-3-1-2-13(25)18(30)31/h6,8,10-13,32H,1-5,7,19H2,(H2,20,26)(H,21,22)(H,23,27)(H,24,28)(H,30,31).